The molecule has 0 saturated carbocycles. The zero-order chi connectivity index (χ0) is 31.9. The highest BCUT2D eigenvalue weighted by Gasteiger charge is 2.32. The third-order valence-corrected chi connectivity index (χ3v) is 7.25. The van der Waals surface area contributed by atoms with Gasteiger partial charge in [0.05, 0.1) is 17.3 Å². The molecule has 2 amide bonds. The molecule has 0 unspecified atom stereocenters. The van der Waals surface area contributed by atoms with Gasteiger partial charge in [-0.1, -0.05) is 0 Å². The Morgan fingerprint density at radius 1 is 1.05 bits per heavy atom. The molecule has 0 bridgehead atoms. The number of aryl methyl sites for hydroxylation is 1. The van der Waals surface area contributed by atoms with Crippen LogP contribution in [-0.2, 0) is 4.74 Å². The smallest absolute Gasteiger partial charge is 0.410 e. The zero-order valence-corrected chi connectivity index (χ0v) is 25.9. The normalized spacial score (nSPS) is 15.6. The Balaban J connectivity index is 1.30. The van der Waals surface area contributed by atoms with Crippen LogP contribution >= 0.6 is 0 Å². The van der Waals surface area contributed by atoms with Gasteiger partial charge in [-0.15, -0.1) is 0 Å². The summed E-state index contributed by atoms with van der Waals surface area (Å²) in [6.07, 6.45) is 2.04. The van der Waals surface area contributed by atoms with Crippen LogP contribution in [0.4, 0.5) is 25.3 Å². The van der Waals surface area contributed by atoms with Crippen LogP contribution in [0.15, 0.2) is 36.7 Å². The summed E-state index contributed by atoms with van der Waals surface area (Å²) in [5, 5.41) is 2.92. The van der Waals surface area contributed by atoms with Crippen molar-refractivity contribution in [3.63, 3.8) is 0 Å². The Morgan fingerprint density at radius 2 is 1.80 bits per heavy atom. The van der Waals surface area contributed by atoms with Gasteiger partial charge in [0.25, 0.3) is 5.91 Å². The molecule has 11 nitrogen and oxygen atoms in total. The van der Waals surface area contributed by atoms with Crippen molar-refractivity contribution in [1.29, 1.82) is 0 Å². The van der Waals surface area contributed by atoms with E-state index < -0.39 is 23.3 Å². The van der Waals surface area contributed by atoms with Crippen molar-refractivity contribution in [2.45, 2.75) is 66.2 Å². The van der Waals surface area contributed by atoms with Crippen LogP contribution in [0.5, 0.6) is 0 Å². The van der Waals surface area contributed by atoms with Crippen molar-refractivity contribution >= 4 is 34.8 Å². The van der Waals surface area contributed by atoms with Gasteiger partial charge in [0, 0.05) is 43.5 Å². The van der Waals surface area contributed by atoms with Gasteiger partial charge in [0.1, 0.15) is 28.5 Å². The van der Waals surface area contributed by atoms with Crippen molar-refractivity contribution in [2.75, 3.05) is 25.0 Å². The van der Waals surface area contributed by atoms with Crippen LogP contribution in [-0.4, -0.2) is 77.6 Å². The lowest BCUT2D eigenvalue weighted by atomic mass is 10.1. The molecule has 13 heteroatoms. The first-order chi connectivity index (χ1) is 20.7. The summed E-state index contributed by atoms with van der Waals surface area (Å²) in [5.74, 6) is -0.464. The van der Waals surface area contributed by atoms with E-state index in [1.807, 2.05) is 46.1 Å². The third kappa shape index (κ3) is 6.31. The van der Waals surface area contributed by atoms with Crippen molar-refractivity contribution in [2.24, 2.45) is 0 Å². The van der Waals surface area contributed by atoms with Crippen LogP contribution in [0.3, 0.4) is 0 Å². The number of carbonyl (C=O) groups is 2. The van der Waals surface area contributed by atoms with Gasteiger partial charge in [-0.05, 0) is 72.7 Å². The molecular formula is C31H36F2N8O3. The molecule has 4 heterocycles. The average molecular weight is 607 g/mol. The van der Waals surface area contributed by atoms with Crippen molar-refractivity contribution in [3.05, 3.63) is 59.7 Å². The molecular weight excluding hydrogens is 570 g/mol. The standard InChI is InChI=1S/C31H36F2N8O3/c1-17(2)41-19(4)36-27-22(32)12-21(13-24(27)41)26-23(33)15-35-29(38-26)37-25-9-8-20(14-34-25)28(42)40-11-10-39(16-18(40)3)30(43)44-31(5,6)7/h8-9,12-15,17-18H,10-11,16H2,1-7H3,(H,34,35,37,38)/t18-/m1/s1. The van der Waals surface area contributed by atoms with Crippen molar-refractivity contribution < 1.29 is 23.1 Å². The van der Waals surface area contributed by atoms with E-state index in [9.17, 15) is 14.0 Å². The molecule has 0 aliphatic carbocycles. The Hall–Kier alpha value is -4.68. The van der Waals surface area contributed by atoms with E-state index in [4.69, 9.17) is 4.74 Å². The van der Waals surface area contributed by atoms with E-state index in [1.54, 1.807) is 34.9 Å². The predicted molar refractivity (Wildman–Crippen MR) is 162 cm³/mol. The summed E-state index contributed by atoms with van der Waals surface area (Å²) in [5.41, 5.74) is 0.695. The fourth-order valence-electron chi connectivity index (χ4n) is 5.31. The molecule has 1 aromatic carbocycles. The van der Waals surface area contributed by atoms with Crippen LogP contribution in [0.1, 0.15) is 63.8 Å². The number of anilines is 2. The number of piperazine rings is 1. The van der Waals surface area contributed by atoms with E-state index in [-0.39, 0.29) is 40.7 Å². The first-order valence-corrected chi connectivity index (χ1v) is 14.4. The number of hydrogen-bond acceptors (Lipinski definition) is 8. The second-order valence-electron chi connectivity index (χ2n) is 12.2. The molecule has 1 fully saturated rings. The maximum atomic E-state index is 15.0. The molecule has 1 aliphatic rings. The summed E-state index contributed by atoms with van der Waals surface area (Å²) in [6, 6.07) is 5.89. The largest absolute Gasteiger partial charge is 0.444 e. The number of amides is 2. The Labute approximate surface area is 254 Å². The van der Waals surface area contributed by atoms with Crippen molar-refractivity contribution in [1.82, 2.24) is 34.3 Å². The Bertz CT molecular complexity index is 1720. The molecule has 5 rings (SSSR count). The van der Waals surface area contributed by atoms with E-state index in [0.29, 0.717) is 42.4 Å². The molecule has 0 radical (unpaired) electrons. The Kier molecular flexibility index (Phi) is 8.23. The third-order valence-electron chi connectivity index (χ3n) is 7.25. The fourth-order valence-corrected chi connectivity index (χ4v) is 5.31. The van der Waals surface area contributed by atoms with E-state index in [0.717, 1.165) is 6.20 Å². The minimum absolute atomic E-state index is 0.0214. The molecule has 232 valence electrons. The topological polar surface area (TPSA) is 118 Å². The highest BCUT2D eigenvalue weighted by atomic mass is 19.1. The van der Waals surface area contributed by atoms with Gasteiger partial charge in [-0.25, -0.2) is 33.5 Å². The van der Waals surface area contributed by atoms with E-state index >= 15 is 4.39 Å². The van der Waals surface area contributed by atoms with Crippen LogP contribution in [0.25, 0.3) is 22.3 Å². The number of benzene rings is 1. The molecule has 1 N–H and O–H groups in total. The number of nitrogens with one attached hydrogen (secondary N) is 1. The summed E-state index contributed by atoms with van der Waals surface area (Å²) < 4.78 is 37.3. The number of rotatable bonds is 5. The van der Waals surface area contributed by atoms with E-state index in [1.165, 1.54) is 12.3 Å². The van der Waals surface area contributed by atoms with Gasteiger partial charge >= 0.3 is 6.09 Å². The number of carbonyl (C=O) groups excluding carboxylic acids is 2. The maximum Gasteiger partial charge on any atom is 0.410 e. The predicted octanol–water partition coefficient (Wildman–Crippen LogP) is 5.88. The minimum atomic E-state index is -0.712. The minimum Gasteiger partial charge on any atom is -0.444 e. The Morgan fingerprint density at radius 3 is 2.43 bits per heavy atom. The molecule has 3 aromatic heterocycles. The lowest BCUT2D eigenvalue weighted by Gasteiger charge is -2.40. The summed E-state index contributed by atoms with van der Waals surface area (Å²) in [7, 11) is 0. The molecule has 1 aliphatic heterocycles. The maximum absolute atomic E-state index is 15.0. The van der Waals surface area contributed by atoms with Crippen LogP contribution in [0, 0.1) is 18.6 Å². The summed E-state index contributed by atoms with van der Waals surface area (Å²) >= 11 is 0. The van der Waals surface area contributed by atoms with Gasteiger partial charge in [-0.2, -0.15) is 0 Å². The summed E-state index contributed by atoms with van der Waals surface area (Å²) in [4.78, 5) is 46.0. The van der Waals surface area contributed by atoms with Crippen LogP contribution < -0.4 is 5.32 Å². The zero-order valence-electron chi connectivity index (χ0n) is 25.9. The molecule has 0 spiro atoms. The number of imidazole rings is 1. The number of aromatic nitrogens is 5. The van der Waals surface area contributed by atoms with E-state index in [2.05, 4.69) is 25.3 Å². The summed E-state index contributed by atoms with van der Waals surface area (Å²) in [6.45, 7) is 14.1. The molecule has 1 saturated heterocycles. The number of pyridine rings is 1. The molecule has 1 atom stereocenters. The highest BCUT2D eigenvalue weighted by Crippen LogP contribution is 2.30. The molecule has 4 aromatic rings. The first-order valence-electron chi connectivity index (χ1n) is 14.4. The van der Waals surface area contributed by atoms with Gasteiger partial charge < -0.3 is 24.4 Å². The SMILES string of the molecule is Cc1nc2c(F)cc(-c3nc(Nc4ccc(C(=O)N5CCN(C(=O)OC(C)(C)C)C[C@H]5C)cn4)ncc3F)cc2n1C(C)C. The number of halogens is 2. The average Bonchev–Trinajstić information content (AvgIpc) is 3.29. The van der Waals surface area contributed by atoms with Gasteiger partial charge in [-0.3, -0.25) is 4.79 Å². The van der Waals surface area contributed by atoms with Crippen LogP contribution in [0.2, 0.25) is 0 Å². The van der Waals surface area contributed by atoms with Crippen molar-refractivity contribution in [3.8, 4) is 11.3 Å². The number of nitrogens with zero attached hydrogens (tertiary/aromatic N) is 7. The number of ether oxygens (including phenoxy) is 1. The monoisotopic (exact) mass is 606 g/mol. The number of hydrogen-bond donors (Lipinski definition) is 1. The number of fused-ring (bicyclic) bond motifs is 1. The van der Waals surface area contributed by atoms with Gasteiger partial charge in [0.15, 0.2) is 11.6 Å². The fraction of sp³-hybridized carbons (Fsp3) is 0.419. The quantitative estimate of drug-likeness (QED) is 0.299. The highest BCUT2D eigenvalue weighted by molar-refractivity contribution is 5.94. The van der Waals surface area contributed by atoms with Gasteiger partial charge in [0.2, 0.25) is 5.95 Å². The lowest BCUT2D eigenvalue weighted by Crippen LogP contribution is -2.56. The second kappa shape index (κ2) is 11.8. The lowest BCUT2D eigenvalue weighted by molar-refractivity contribution is 0.00616. The first kappa shape index (κ1) is 30.8. The molecule has 44 heavy (non-hydrogen) atoms. The second-order valence-corrected chi connectivity index (χ2v) is 12.2.